The van der Waals surface area contributed by atoms with Crippen LogP contribution in [0.5, 0.6) is 0 Å². The molecule has 1 aromatic heterocycles. The van der Waals surface area contributed by atoms with E-state index in [1.165, 1.54) is 0 Å². The largest absolute Gasteiger partial charge is 0.398 e. The van der Waals surface area contributed by atoms with E-state index in [1.54, 1.807) is 6.07 Å². The van der Waals surface area contributed by atoms with Crippen LogP contribution >= 0.6 is 11.6 Å². The molecule has 2 aromatic carbocycles. The van der Waals surface area contributed by atoms with Gasteiger partial charge < -0.3 is 10.3 Å². The third kappa shape index (κ3) is 2.22. The lowest BCUT2D eigenvalue weighted by atomic mass is 10.1. The topological polar surface area (TPSA) is 54.7 Å². The van der Waals surface area contributed by atoms with Crippen molar-refractivity contribution in [2.75, 3.05) is 5.73 Å². The van der Waals surface area contributed by atoms with Crippen molar-refractivity contribution in [3.05, 3.63) is 64.8 Å². The molecule has 3 rings (SSSR count). The van der Waals surface area contributed by atoms with E-state index in [0.717, 1.165) is 22.2 Å². The van der Waals surface area contributed by atoms with Crippen LogP contribution in [0.25, 0.3) is 10.9 Å². The second-order valence-corrected chi connectivity index (χ2v) is 5.11. The molecule has 98 valence electrons. The number of nitrogen functional groups attached to an aromatic ring is 1. The van der Waals surface area contributed by atoms with Crippen molar-refractivity contribution in [1.29, 1.82) is 5.26 Å². The molecular formula is C16H12ClN3. The van der Waals surface area contributed by atoms with E-state index >= 15 is 0 Å². The maximum atomic E-state index is 8.92. The molecule has 0 radical (unpaired) electrons. The highest BCUT2D eigenvalue weighted by Gasteiger charge is 2.05. The van der Waals surface area contributed by atoms with Gasteiger partial charge in [0.1, 0.15) is 0 Å². The van der Waals surface area contributed by atoms with Gasteiger partial charge >= 0.3 is 0 Å². The fourth-order valence-corrected chi connectivity index (χ4v) is 2.50. The number of aromatic nitrogens is 1. The number of anilines is 1. The first-order chi connectivity index (χ1) is 9.67. The van der Waals surface area contributed by atoms with Crippen molar-refractivity contribution in [2.24, 2.45) is 0 Å². The summed E-state index contributed by atoms with van der Waals surface area (Å²) in [5.74, 6) is 0. The molecule has 0 atom stereocenters. The second kappa shape index (κ2) is 4.92. The highest BCUT2D eigenvalue weighted by Crippen LogP contribution is 2.23. The summed E-state index contributed by atoms with van der Waals surface area (Å²) in [5.41, 5.74) is 9.43. The molecular weight excluding hydrogens is 270 g/mol. The van der Waals surface area contributed by atoms with Crippen LogP contribution in [0.15, 0.2) is 48.7 Å². The zero-order valence-electron chi connectivity index (χ0n) is 10.7. The van der Waals surface area contributed by atoms with Gasteiger partial charge in [0.25, 0.3) is 0 Å². The number of rotatable bonds is 2. The van der Waals surface area contributed by atoms with Crippen LogP contribution in [-0.4, -0.2) is 4.57 Å². The molecule has 20 heavy (non-hydrogen) atoms. The maximum Gasteiger partial charge on any atom is 0.0991 e. The van der Waals surface area contributed by atoms with E-state index in [-0.39, 0.29) is 0 Å². The average Bonchev–Trinajstić information content (AvgIpc) is 2.85. The van der Waals surface area contributed by atoms with E-state index in [2.05, 4.69) is 10.6 Å². The minimum absolute atomic E-state index is 0.655. The predicted octanol–water partition coefficient (Wildman–Crippen LogP) is 3.80. The molecule has 0 unspecified atom stereocenters. The predicted molar refractivity (Wildman–Crippen MR) is 81.6 cm³/mol. The average molecular weight is 282 g/mol. The number of fused-ring (bicyclic) bond motifs is 1. The van der Waals surface area contributed by atoms with Crippen molar-refractivity contribution in [2.45, 2.75) is 6.54 Å². The van der Waals surface area contributed by atoms with Crippen molar-refractivity contribution < 1.29 is 0 Å². The Hall–Kier alpha value is -2.44. The summed E-state index contributed by atoms with van der Waals surface area (Å²) in [6.07, 6.45) is 1.99. The summed E-state index contributed by atoms with van der Waals surface area (Å²) in [4.78, 5) is 0. The Morgan fingerprint density at radius 1 is 1.15 bits per heavy atom. The molecule has 0 amide bonds. The van der Waals surface area contributed by atoms with Gasteiger partial charge in [-0.2, -0.15) is 5.26 Å². The summed E-state index contributed by atoms with van der Waals surface area (Å²) >= 11 is 6.01. The number of nitrogens with two attached hydrogens (primary N) is 1. The molecule has 1 heterocycles. The van der Waals surface area contributed by atoms with Crippen LogP contribution in [-0.2, 0) is 6.54 Å². The van der Waals surface area contributed by atoms with Crippen LogP contribution in [0.2, 0.25) is 5.02 Å². The number of benzene rings is 2. The van der Waals surface area contributed by atoms with Gasteiger partial charge in [-0.3, -0.25) is 0 Å². The lowest BCUT2D eigenvalue weighted by Crippen LogP contribution is -2.01. The first-order valence-corrected chi connectivity index (χ1v) is 6.58. The van der Waals surface area contributed by atoms with E-state index in [9.17, 15) is 0 Å². The minimum atomic E-state index is 0.655. The molecule has 0 aliphatic rings. The Morgan fingerprint density at radius 3 is 2.80 bits per heavy atom. The molecule has 0 saturated heterocycles. The second-order valence-electron chi connectivity index (χ2n) is 4.67. The molecule has 3 nitrogen and oxygen atoms in total. The normalized spacial score (nSPS) is 10.6. The Kier molecular flexibility index (Phi) is 3.09. The summed E-state index contributed by atoms with van der Waals surface area (Å²) < 4.78 is 2.10. The molecule has 0 bridgehead atoms. The highest BCUT2D eigenvalue weighted by molar-refractivity contribution is 6.30. The lowest BCUT2D eigenvalue weighted by Gasteiger charge is -2.09. The summed E-state index contributed by atoms with van der Waals surface area (Å²) in [6.45, 7) is 0.655. The number of nitrogens with zero attached hydrogens (tertiary/aromatic N) is 2. The standard InChI is InChI=1S/C16H12ClN3/c17-14-2-3-15(19)13(8-14)10-20-6-5-12-7-11(9-18)1-4-16(12)20/h1-8H,10,19H2. The highest BCUT2D eigenvalue weighted by atomic mass is 35.5. The number of hydrogen-bond donors (Lipinski definition) is 1. The zero-order valence-corrected chi connectivity index (χ0v) is 11.4. The molecule has 0 aliphatic carbocycles. The smallest absolute Gasteiger partial charge is 0.0991 e. The van der Waals surface area contributed by atoms with Crippen molar-refractivity contribution in [3.63, 3.8) is 0 Å². The van der Waals surface area contributed by atoms with E-state index in [4.69, 9.17) is 22.6 Å². The molecule has 0 saturated carbocycles. The van der Waals surface area contributed by atoms with Gasteiger partial charge in [-0.15, -0.1) is 0 Å². The lowest BCUT2D eigenvalue weighted by molar-refractivity contribution is 0.839. The summed E-state index contributed by atoms with van der Waals surface area (Å²) in [5, 5.41) is 10.6. The van der Waals surface area contributed by atoms with Gasteiger partial charge in [0.2, 0.25) is 0 Å². The Balaban J connectivity index is 2.03. The Bertz CT molecular complexity index is 827. The van der Waals surface area contributed by atoms with Crippen LogP contribution < -0.4 is 5.73 Å². The van der Waals surface area contributed by atoms with Crippen molar-refractivity contribution in [3.8, 4) is 6.07 Å². The van der Waals surface area contributed by atoms with Gasteiger partial charge in [0.05, 0.1) is 11.6 Å². The van der Waals surface area contributed by atoms with Crippen LogP contribution in [0, 0.1) is 11.3 Å². The quantitative estimate of drug-likeness (QED) is 0.727. The molecule has 3 aromatic rings. The summed E-state index contributed by atoms with van der Waals surface area (Å²) in [7, 11) is 0. The maximum absolute atomic E-state index is 8.92. The van der Waals surface area contributed by atoms with Crippen molar-refractivity contribution in [1.82, 2.24) is 4.57 Å². The summed E-state index contributed by atoms with van der Waals surface area (Å²) in [6, 6.07) is 15.3. The molecule has 0 spiro atoms. The molecule has 0 fully saturated rings. The number of nitriles is 1. The fourth-order valence-electron chi connectivity index (χ4n) is 2.30. The molecule has 2 N–H and O–H groups in total. The van der Waals surface area contributed by atoms with Gasteiger partial charge in [0.15, 0.2) is 0 Å². The number of halogens is 1. The van der Waals surface area contributed by atoms with E-state index < -0.39 is 0 Å². The van der Waals surface area contributed by atoms with Gasteiger partial charge in [-0.25, -0.2) is 0 Å². The molecule has 0 aliphatic heterocycles. The molecule has 4 heteroatoms. The zero-order chi connectivity index (χ0) is 14.1. The van der Waals surface area contributed by atoms with Gasteiger partial charge in [-0.1, -0.05) is 11.6 Å². The SMILES string of the molecule is N#Cc1ccc2c(ccn2Cc2cc(Cl)ccc2N)c1. The minimum Gasteiger partial charge on any atom is -0.398 e. The first-order valence-electron chi connectivity index (χ1n) is 6.20. The van der Waals surface area contributed by atoms with Crippen LogP contribution in [0.1, 0.15) is 11.1 Å². The van der Waals surface area contributed by atoms with Crippen LogP contribution in [0.3, 0.4) is 0 Å². The third-order valence-corrected chi connectivity index (χ3v) is 3.58. The van der Waals surface area contributed by atoms with Gasteiger partial charge in [-0.05, 0) is 48.0 Å². The van der Waals surface area contributed by atoms with E-state index in [1.807, 2.05) is 42.6 Å². The first kappa shape index (κ1) is 12.6. The Morgan fingerprint density at radius 2 is 2.00 bits per heavy atom. The Labute approximate surface area is 121 Å². The third-order valence-electron chi connectivity index (χ3n) is 3.35. The monoisotopic (exact) mass is 281 g/mol. The van der Waals surface area contributed by atoms with Crippen molar-refractivity contribution >= 4 is 28.2 Å². The number of hydrogen-bond acceptors (Lipinski definition) is 2. The van der Waals surface area contributed by atoms with Crippen LogP contribution in [0.4, 0.5) is 5.69 Å². The fraction of sp³-hybridized carbons (Fsp3) is 0.0625. The van der Waals surface area contributed by atoms with Gasteiger partial charge in [0, 0.05) is 34.4 Å². The van der Waals surface area contributed by atoms with E-state index in [0.29, 0.717) is 17.1 Å².